The Morgan fingerprint density at radius 2 is 1.71 bits per heavy atom. The molecule has 0 aliphatic rings. The van der Waals surface area contributed by atoms with Gasteiger partial charge in [-0.25, -0.2) is 13.8 Å². The van der Waals surface area contributed by atoms with Gasteiger partial charge in [0.05, 0.1) is 18.7 Å². The molecule has 0 bridgehead atoms. The summed E-state index contributed by atoms with van der Waals surface area (Å²) < 4.78 is 36.9. The quantitative estimate of drug-likeness (QED) is 0.874. The summed E-state index contributed by atoms with van der Waals surface area (Å²) in [5.74, 6) is 1.09. The summed E-state index contributed by atoms with van der Waals surface area (Å²) in [5.41, 5.74) is 0.766. The molecule has 2 rings (SSSR count). The van der Waals surface area contributed by atoms with Crippen molar-refractivity contribution in [3.63, 3.8) is 0 Å². The van der Waals surface area contributed by atoms with Crippen LogP contribution in [0.5, 0.6) is 11.5 Å². The molecule has 114 valence electrons. The zero-order valence-electron chi connectivity index (χ0n) is 12.2. The van der Waals surface area contributed by atoms with Crippen molar-refractivity contribution in [2.45, 2.75) is 20.3 Å². The number of nitrogens with zero attached hydrogens (tertiary/aromatic N) is 1. The average Bonchev–Trinajstić information content (AvgIpc) is 2.47. The third-order valence-electron chi connectivity index (χ3n) is 2.99. The lowest BCUT2D eigenvalue weighted by molar-refractivity contribution is 0.146. The highest BCUT2D eigenvalue weighted by Gasteiger charge is 2.16. The van der Waals surface area contributed by atoms with Crippen LogP contribution >= 0.6 is 0 Å². The van der Waals surface area contributed by atoms with E-state index in [1.54, 1.807) is 19.2 Å². The number of halogens is 2. The molecule has 0 aliphatic carbocycles. The Hall–Kier alpha value is -2.11. The Balaban J connectivity index is 2.67. The summed E-state index contributed by atoms with van der Waals surface area (Å²) >= 11 is 0. The number of fused-ring (bicyclic) bond motifs is 1. The number of hydrogen-bond donors (Lipinski definition) is 1. The fourth-order valence-electron chi connectivity index (χ4n) is 2.11. The summed E-state index contributed by atoms with van der Waals surface area (Å²) in [7, 11) is 1.68. The Bertz CT molecular complexity index is 633. The van der Waals surface area contributed by atoms with Crippen molar-refractivity contribution in [1.82, 2.24) is 4.98 Å². The SMILES string of the molecule is CCOc1cc2nc(C(F)F)cc(NC)c2cc1OCC. The van der Waals surface area contributed by atoms with E-state index < -0.39 is 6.43 Å². The van der Waals surface area contributed by atoms with Gasteiger partial charge in [-0.2, -0.15) is 0 Å². The van der Waals surface area contributed by atoms with Crippen LogP contribution in [-0.4, -0.2) is 25.2 Å². The number of alkyl halides is 2. The molecule has 0 saturated heterocycles. The minimum absolute atomic E-state index is 0.265. The predicted octanol–water partition coefficient (Wildman–Crippen LogP) is 4.01. The van der Waals surface area contributed by atoms with Crippen molar-refractivity contribution >= 4 is 16.6 Å². The monoisotopic (exact) mass is 296 g/mol. The van der Waals surface area contributed by atoms with Gasteiger partial charge in [0.15, 0.2) is 11.5 Å². The van der Waals surface area contributed by atoms with E-state index in [0.717, 1.165) is 0 Å². The lowest BCUT2D eigenvalue weighted by Crippen LogP contribution is -2.01. The molecule has 1 aromatic carbocycles. The van der Waals surface area contributed by atoms with Crippen molar-refractivity contribution < 1.29 is 18.3 Å². The summed E-state index contributed by atoms with van der Waals surface area (Å²) in [6, 6.07) is 4.75. The van der Waals surface area contributed by atoms with E-state index in [0.29, 0.717) is 41.3 Å². The van der Waals surface area contributed by atoms with E-state index >= 15 is 0 Å². The minimum atomic E-state index is -2.62. The van der Waals surface area contributed by atoms with E-state index in [9.17, 15) is 8.78 Å². The lowest BCUT2D eigenvalue weighted by atomic mass is 10.1. The van der Waals surface area contributed by atoms with Crippen LogP contribution in [0.4, 0.5) is 14.5 Å². The van der Waals surface area contributed by atoms with Gasteiger partial charge in [0.25, 0.3) is 6.43 Å². The van der Waals surface area contributed by atoms with Crippen LogP contribution in [0.15, 0.2) is 18.2 Å². The fourth-order valence-corrected chi connectivity index (χ4v) is 2.11. The zero-order chi connectivity index (χ0) is 15.4. The van der Waals surface area contributed by atoms with E-state index in [2.05, 4.69) is 10.3 Å². The molecule has 1 aromatic heterocycles. The van der Waals surface area contributed by atoms with Crippen LogP contribution in [0, 0.1) is 0 Å². The first kappa shape index (κ1) is 15.3. The normalized spacial score (nSPS) is 11.0. The van der Waals surface area contributed by atoms with Gasteiger partial charge < -0.3 is 14.8 Å². The molecule has 0 aliphatic heterocycles. The van der Waals surface area contributed by atoms with Crippen molar-refractivity contribution in [3.8, 4) is 11.5 Å². The maximum Gasteiger partial charge on any atom is 0.280 e. The largest absolute Gasteiger partial charge is 0.490 e. The number of aromatic nitrogens is 1. The first-order chi connectivity index (χ1) is 10.1. The van der Waals surface area contributed by atoms with Gasteiger partial charge in [0.1, 0.15) is 5.69 Å². The van der Waals surface area contributed by atoms with Crippen molar-refractivity contribution in [1.29, 1.82) is 0 Å². The first-order valence-corrected chi connectivity index (χ1v) is 6.80. The topological polar surface area (TPSA) is 43.4 Å². The van der Waals surface area contributed by atoms with E-state index in [-0.39, 0.29) is 5.69 Å². The highest BCUT2D eigenvalue weighted by Crippen LogP contribution is 2.36. The Labute approximate surface area is 122 Å². The van der Waals surface area contributed by atoms with Crippen LogP contribution < -0.4 is 14.8 Å². The molecule has 0 amide bonds. The molecule has 2 aromatic rings. The fraction of sp³-hybridized carbons (Fsp3) is 0.400. The molecule has 21 heavy (non-hydrogen) atoms. The summed E-state index contributed by atoms with van der Waals surface area (Å²) in [6.07, 6.45) is -2.62. The van der Waals surface area contributed by atoms with Crippen LogP contribution in [0.1, 0.15) is 26.0 Å². The zero-order valence-corrected chi connectivity index (χ0v) is 12.2. The molecule has 0 saturated carbocycles. The van der Waals surface area contributed by atoms with E-state index in [1.807, 2.05) is 13.8 Å². The molecule has 0 spiro atoms. The highest BCUT2D eigenvalue weighted by molar-refractivity contribution is 5.93. The van der Waals surface area contributed by atoms with E-state index in [1.165, 1.54) is 6.07 Å². The molecular weight excluding hydrogens is 278 g/mol. The number of rotatable bonds is 6. The number of benzene rings is 1. The van der Waals surface area contributed by atoms with Gasteiger partial charge in [0.2, 0.25) is 0 Å². The predicted molar refractivity (Wildman–Crippen MR) is 78.6 cm³/mol. The van der Waals surface area contributed by atoms with Crippen LogP contribution in [0.3, 0.4) is 0 Å². The molecular formula is C15H18F2N2O2. The summed E-state index contributed by atoms with van der Waals surface area (Å²) in [6.45, 7) is 4.67. The second-order valence-corrected chi connectivity index (χ2v) is 4.33. The Morgan fingerprint density at radius 1 is 1.10 bits per heavy atom. The second kappa shape index (κ2) is 6.56. The number of pyridine rings is 1. The molecule has 4 nitrogen and oxygen atoms in total. The van der Waals surface area contributed by atoms with Gasteiger partial charge in [-0.3, -0.25) is 0 Å². The number of hydrogen-bond acceptors (Lipinski definition) is 4. The maximum atomic E-state index is 12.9. The number of anilines is 1. The average molecular weight is 296 g/mol. The number of nitrogens with one attached hydrogen (secondary N) is 1. The molecule has 0 fully saturated rings. The van der Waals surface area contributed by atoms with Gasteiger partial charge in [0, 0.05) is 24.2 Å². The van der Waals surface area contributed by atoms with E-state index in [4.69, 9.17) is 9.47 Å². The molecule has 0 radical (unpaired) electrons. The number of ether oxygens (including phenoxy) is 2. The standard InChI is InChI=1S/C15H18F2N2O2/c1-4-20-13-6-9-10(18-3)7-12(15(16)17)19-11(9)8-14(13)21-5-2/h6-8,15H,4-5H2,1-3H3,(H,18,19). The van der Waals surface area contributed by atoms with Gasteiger partial charge >= 0.3 is 0 Å². The Kier molecular flexibility index (Phi) is 4.77. The molecule has 1 N–H and O–H groups in total. The summed E-state index contributed by atoms with van der Waals surface area (Å²) in [5, 5.41) is 3.63. The molecule has 6 heteroatoms. The lowest BCUT2D eigenvalue weighted by Gasteiger charge is -2.14. The van der Waals surface area contributed by atoms with Crippen molar-refractivity contribution in [3.05, 3.63) is 23.9 Å². The van der Waals surface area contributed by atoms with Crippen LogP contribution in [-0.2, 0) is 0 Å². The molecule has 0 atom stereocenters. The van der Waals surface area contributed by atoms with Gasteiger partial charge in [-0.1, -0.05) is 0 Å². The first-order valence-electron chi connectivity index (χ1n) is 6.80. The Morgan fingerprint density at radius 3 is 2.24 bits per heavy atom. The van der Waals surface area contributed by atoms with Crippen LogP contribution in [0.2, 0.25) is 0 Å². The minimum Gasteiger partial charge on any atom is -0.490 e. The third-order valence-corrected chi connectivity index (χ3v) is 2.99. The third kappa shape index (κ3) is 3.15. The van der Waals surface area contributed by atoms with Gasteiger partial charge in [-0.05, 0) is 26.0 Å². The van der Waals surface area contributed by atoms with Crippen molar-refractivity contribution in [2.75, 3.05) is 25.6 Å². The van der Waals surface area contributed by atoms with Gasteiger partial charge in [-0.15, -0.1) is 0 Å². The van der Waals surface area contributed by atoms with Crippen molar-refractivity contribution in [2.24, 2.45) is 0 Å². The maximum absolute atomic E-state index is 12.9. The second-order valence-electron chi connectivity index (χ2n) is 4.33. The molecule has 1 heterocycles. The van der Waals surface area contributed by atoms with Crippen LogP contribution in [0.25, 0.3) is 10.9 Å². The smallest absolute Gasteiger partial charge is 0.280 e. The molecule has 0 unspecified atom stereocenters. The summed E-state index contributed by atoms with van der Waals surface area (Å²) in [4.78, 5) is 4.00. The highest BCUT2D eigenvalue weighted by atomic mass is 19.3.